The minimum atomic E-state index is 0.119. The molecule has 0 atom stereocenters. The Labute approximate surface area is 66.6 Å². The highest BCUT2D eigenvalue weighted by molar-refractivity contribution is 5.94. The predicted octanol–water partition coefficient (Wildman–Crippen LogP) is 1.33. The van der Waals surface area contributed by atoms with Crippen molar-refractivity contribution in [1.29, 1.82) is 5.41 Å². The summed E-state index contributed by atoms with van der Waals surface area (Å²) in [5.74, 6) is 0.119. The van der Waals surface area contributed by atoms with Gasteiger partial charge in [-0.25, -0.2) is 0 Å². The zero-order valence-electron chi connectivity index (χ0n) is 6.52. The molecule has 0 fully saturated rings. The van der Waals surface area contributed by atoms with Crippen LogP contribution in [0.4, 0.5) is 0 Å². The Morgan fingerprint density at radius 2 is 2.45 bits per heavy atom. The predicted molar refractivity (Wildman–Crippen MR) is 45.7 cm³/mol. The van der Waals surface area contributed by atoms with Crippen molar-refractivity contribution in [2.24, 2.45) is 5.73 Å². The van der Waals surface area contributed by atoms with E-state index in [1.807, 2.05) is 6.07 Å². The van der Waals surface area contributed by atoms with Crippen LogP contribution in [0.15, 0.2) is 18.2 Å². The standard InChI is InChI=1S/C9H11N2/c1-2-7-4-3-5-8(6-7)9(10)11/h3,5-6H,2H2,1H3,(H3,10,11). The van der Waals surface area contributed by atoms with Gasteiger partial charge in [0.1, 0.15) is 5.84 Å². The van der Waals surface area contributed by atoms with Gasteiger partial charge in [-0.1, -0.05) is 19.1 Å². The molecule has 0 aliphatic heterocycles. The highest BCUT2D eigenvalue weighted by atomic mass is 14.7. The lowest BCUT2D eigenvalue weighted by atomic mass is 10.1. The van der Waals surface area contributed by atoms with Gasteiger partial charge in [0, 0.05) is 5.56 Å². The number of aryl methyl sites for hydroxylation is 1. The van der Waals surface area contributed by atoms with E-state index in [1.54, 1.807) is 12.1 Å². The number of hydrogen-bond acceptors (Lipinski definition) is 1. The number of hydrogen-bond donors (Lipinski definition) is 2. The molecule has 2 nitrogen and oxygen atoms in total. The summed E-state index contributed by atoms with van der Waals surface area (Å²) < 4.78 is 0. The maximum atomic E-state index is 7.17. The molecule has 0 aliphatic carbocycles. The van der Waals surface area contributed by atoms with Gasteiger partial charge in [0.05, 0.1) is 0 Å². The summed E-state index contributed by atoms with van der Waals surface area (Å²) in [6, 6.07) is 8.55. The fourth-order valence-corrected chi connectivity index (χ4v) is 0.888. The van der Waals surface area contributed by atoms with Crippen molar-refractivity contribution in [3.63, 3.8) is 0 Å². The van der Waals surface area contributed by atoms with Gasteiger partial charge < -0.3 is 5.73 Å². The van der Waals surface area contributed by atoms with E-state index < -0.39 is 0 Å². The third-order valence-electron chi connectivity index (χ3n) is 1.55. The van der Waals surface area contributed by atoms with E-state index in [1.165, 1.54) is 0 Å². The Morgan fingerprint density at radius 1 is 1.73 bits per heavy atom. The number of nitrogen functional groups attached to an aromatic ring is 1. The first kappa shape index (κ1) is 7.79. The van der Waals surface area contributed by atoms with Crippen molar-refractivity contribution >= 4 is 5.84 Å². The van der Waals surface area contributed by atoms with Crippen molar-refractivity contribution in [1.82, 2.24) is 0 Å². The highest BCUT2D eigenvalue weighted by Gasteiger charge is 1.95. The van der Waals surface area contributed by atoms with Gasteiger partial charge in [0.2, 0.25) is 0 Å². The van der Waals surface area contributed by atoms with Gasteiger partial charge in [-0.3, -0.25) is 5.41 Å². The Kier molecular flexibility index (Phi) is 2.26. The second-order valence-electron chi connectivity index (χ2n) is 2.37. The molecule has 0 spiro atoms. The lowest BCUT2D eigenvalue weighted by Crippen LogP contribution is -2.10. The van der Waals surface area contributed by atoms with Crippen LogP contribution in [0.3, 0.4) is 0 Å². The van der Waals surface area contributed by atoms with Gasteiger partial charge >= 0.3 is 0 Å². The lowest BCUT2D eigenvalue weighted by Gasteiger charge is -1.99. The number of rotatable bonds is 2. The molecule has 0 bridgehead atoms. The average Bonchev–Trinajstić information content (AvgIpc) is 2.05. The number of amidine groups is 1. The van der Waals surface area contributed by atoms with Crippen molar-refractivity contribution in [2.45, 2.75) is 13.3 Å². The molecule has 57 valence electrons. The lowest BCUT2D eigenvalue weighted by molar-refractivity contribution is 1.13. The fourth-order valence-electron chi connectivity index (χ4n) is 0.888. The Morgan fingerprint density at radius 3 is 3.00 bits per heavy atom. The van der Waals surface area contributed by atoms with Crippen LogP contribution < -0.4 is 5.73 Å². The first-order valence-electron chi connectivity index (χ1n) is 3.59. The van der Waals surface area contributed by atoms with Crippen molar-refractivity contribution in [2.75, 3.05) is 0 Å². The first-order valence-corrected chi connectivity index (χ1v) is 3.59. The minimum Gasteiger partial charge on any atom is -0.384 e. The van der Waals surface area contributed by atoms with Crippen LogP contribution in [-0.4, -0.2) is 5.84 Å². The second kappa shape index (κ2) is 3.19. The van der Waals surface area contributed by atoms with E-state index in [0.717, 1.165) is 17.5 Å². The maximum Gasteiger partial charge on any atom is 0.122 e. The van der Waals surface area contributed by atoms with Gasteiger partial charge in [-0.2, -0.15) is 0 Å². The Bertz CT molecular complexity index is 266. The van der Waals surface area contributed by atoms with Gasteiger partial charge in [-0.15, -0.1) is 0 Å². The van der Waals surface area contributed by atoms with Gasteiger partial charge in [-0.05, 0) is 24.1 Å². The quantitative estimate of drug-likeness (QED) is 0.481. The van der Waals surface area contributed by atoms with Crippen molar-refractivity contribution in [3.05, 3.63) is 35.4 Å². The molecule has 0 amide bonds. The zero-order valence-corrected chi connectivity index (χ0v) is 6.52. The van der Waals surface area contributed by atoms with E-state index >= 15 is 0 Å². The molecule has 0 aromatic heterocycles. The second-order valence-corrected chi connectivity index (χ2v) is 2.37. The molecule has 1 aromatic carbocycles. The molecule has 1 aromatic rings. The van der Waals surface area contributed by atoms with E-state index in [9.17, 15) is 0 Å². The molecule has 0 unspecified atom stereocenters. The molecule has 0 heterocycles. The van der Waals surface area contributed by atoms with Crippen LogP contribution >= 0.6 is 0 Å². The summed E-state index contributed by atoms with van der Waals surface area (Å²) in [7, 11) is 0. The molecule has 2 heteroatoms. The van der Waals surface area contributed by atoms with E-state index in [-0.39, 0.29) is 5.84 Å². The number of nitrogens with one attached hydrogen (secondary N) is 1. The van der Waals surface area contributed by atoms with Gasteiger partial charge in [0.15, 0.2) is 0 Å². The van der Waals surface area contributed by atoms with Crippen molar-refractivity contribution in [3.8, 4) is 0 Å². The van der Waals surface area contributed by atoms with Crippen LogP contribution in [0.25, 0.3) is 0 Å². The van der Waals surface area contributed by atoms with Crippen LogP contribution in [0.2, 0.25) is 0 Å². The Balaban J connectivity index is 3.01. The minimum absolute atomic E-state index is 0.119. The zero-order chi connectivity index (χ0) is 8.27. The average molecular weight is 147 g/mol. The molecule has 1 radical (unpaired) electrons. The van der Waals surface area contributed by atoms with Crippen LogP contribution in [0.5, 0.6) is 0 Å². The summed E-state index contributed by atoms with van der Waals surface area (Å²) in [6.07, 6.45) is 0.932. The van der Waals surface area contributed by atoms with Crippen LogP contribution in [0.1, 0.15) is 18.1 Å². The van der Waals surface area contributed by atoms with E-state index in [4.69, 9.17) is 11.1 Å². The first-order chi connectivity index (χ1) is 5.24. The molecule has 0 saturated heterocycles. The molecule has 11 heavy (non-hydrogen) atoms. The molecular formula is C9H11N2. The molecule has 3 N–H and O–H groups in total. The number of nitrogens with two attached hydrogens (primary N) is 1. The normalized spacial score (nSPS) is 9.55. The monoisotopic (exact) mass is 147 g/mol. The van der Waals surface area contributed by atoms with Crippen LogP contribution in [0, 0.1) is 11.5 Å². The van der Waals surface area contributed by atoms with Crippen LogP contribution in [-0.2, 0) is 6.42 Å². The maximum absolute atomic E-state index is 7.17. The fraction of sp³-hybridized carbons (Fsp3) is 0.222. The number of benzene rings is 1. The summed E-state index contributed by atoms with van der Waals surface area (Å²) in [4.78, 5) is 0. The molecule has 0 saturated carbocycles. The molecule has 0 aliphatic rings. The summed E-state index contributed by atoms with van der Waals surface area (Å²) >= 11 is 0. The topological polar surface area (TPSA) is 49.9 Å². The smallest absolute Gasteiger partial charge is 0.122 e. The Hall–Kier alpha value is -1.31. The summed E-state index contributed by atoms with van der Waals surface area (Å²) in [6.45, 7) is 2.05. The summed E-state index contributed by atoms with van der Waals surface area (Å²) in [5.41, 5.74) is 7.18. The highest BCUT2D eigenvalue weighted by Crippen LogP contribution is 2.03. The molecular weight excluding hydrogens is 136 g/mol. The molecule has 1 rings (SSSR count). The van der Waals surface area contributed by atoms with Gasteiger partial charge in [0.25, 0.3) is 0 Å². The third kappa shape index (κ3) is 1.80. The largest absolute Gasteiger partial charge is 0.384 e. The van der Waals surface area contributed by atoms with Crippen molar-refractivity contribution < 1.29 is 0 Å². The van der Waals surface area contributed by atoms with E-state index in [2.05, 4.69) is 13.0 Å². The summed E-state index contributed by atoms with van der Waals surface area (Å²) in [5, 5.41) is 7.17. The van der Waals surface area contributed by atoms with E-state index in [0.29, 0.717) is 0 Å². The third-order valence-corrected chi connectivity index (χ3v) is 1.55. The SMILES string of the molecule is CCc1[c]ccc(C(=N)N)c1.